The van der Waals surface area contributed by atoms with Crippen LogP contribution in [0.1, 0.15) is 22.3 Å². The highest BCUT2D eigenvalue weighted by Gasteiger charge is 2.05. The van der Waals surface area contributed by atoms with Crippen molar-refractivity contribution in [2.45, 2.75) is 13.3 Å². The third-order valence-electron chi connectivity index (χ3n) is 2.20. The summed E-state index contributed by atoms with van der Waals surface area (Å²) in [5.41, 5.74) is 1.66. The van der Waals surface area contributed by atoms with Gasteiger partial charge in [0.1, 0.15) is 0 Å². The van der Waals surface area contributed by atoms with Gasteiger partial charge in [-0.2, -0.15) is 0 Å². The standard InChI is InChI=1S/C12H16N2O2/c1-9-4-3-5-10(8-9)12(16)14-7-6-11(15)13-2/h3-5,8H,6-7H2,1-2H3,(H,13,15)(H,14,16). The zero-order valence-electron chi connectivity index (χ0n) is 9.54. The van der Waals surface area contributed by atoms with Gasteiger partial charge in [0.25, 0.3) is 5.91 Å². The number of rotatable bonds is 4. The Kier molecular flexibility index (Phi) is 4.51. The Labute approximate surface area is 95.0 Å². The van der Waals surface area contributed by atoms with Gasteiger partial charge in [0.15, 0.2) is 0 Å². The molecule has 0 radical (unpaired) electrons. The second kappa shape index (κ2) is 5.90. The smallest absolute Gasteiger partial charge is 0.251 e. The van der Waals surface area contributed by atoms with Crippen molar-refractivity contribution < 1.29 is 9.59 Å². The lowest BCUT2D eigenvalue weighted by molar-refractivity contribution is -0.120. The molecule has 0 saturated carbocycles. The van der Waals surface area contributed by atoms with Crippen molar-refractivity contribution >= 4 is 11.8 Å². The zero-order valence-corrected chi connectivity index (χ0v) is 9.54. The topological polar surface area (TPSA) is 58.2 Å². The van der Waals surface area contributed by atoms with Crippen LogP contribution in [0.2, 0.25) is 0 Å². The molecule has 0 aliphatic rings. The van der Waals surface area contributed by atoms with Gasteiger partial charge in [0.2, 0.25) is 5.91 Å². The van der Waals surface area contributed by atoms with E-state index in [4.69, 9.17) is 0 Å². The summed E-state index contributed by atoms with van der Waals surface area (Å²) in [6.07, 6.45) is 0.300. The maximum absolute atomic E-state index is 11.6. The molecule has 0 atom stereocenters. The van der Waals surface area contributed by atoms with Crippen molar-refractivity contribution in [1.29, 1.82) is 0 Å². The van der Waals surface area contributed by atoms with E-state index in [-0.39, 0.29) is 11.8 Å². The second-order valence-electron chi connectivity index (χ2n) is 3.55. The van der Waals surface area contributed by atoms with Gasteiger partial charge in [-0.1, -0.05) is 17.7 Å². The molecule has 1 aromatic carbocycles. The number of hydrogen-bond donors (Lipinski definition) is 2. The molecule has 0 fully saturated rings. The summed E-state index contributed by atoms with van der Waals surface area (Å²) in [7, 11) is 1.57. The van der Waals surface area contributed by atoms with Crippen LogP contribution in [0.4, 0.5) is 0 Å². The summed E-state index contributed by atoms with van der Waals surface area (Å²) in [6, 6.07) is 7.34. The highest BCUT2D eigenvalue weighted by atomic mass is 16.2. The molecule has 0 aliphatic carbocycles. The van der Waals surface area contributed by atoms with Gasteiger partial charge in [-0.15, -0.1) is 0 Å². The predicted octanol–water partition coefficient (Wildman–Crippen LogP) is 0.861. The Morgan fingerprint density at radius 1 is 1.31 bits per heavy atom. The number of amides is 2. The van der Waals surface area contributed by atoms with Gasteiger partial charge in [0.05, 0.1) is 0 Å². The highest BCUT2D eigenvalue weighted by molar-refractivity contribution is 5.94. The monoisotopic (exact) mass is 220 g/mol. The van der Waals surface area contributed by atoms with Crippen LogP contribution >= 0.6 is 0 Å². The molecule has 0 aliphatic heterocycles. The van der Waals surface area contributed by atoms with Crippen LogP contribution in [0.25, 0.3) is 0 Å². The molecule has 1 aromatic rings. The summed E-state index contributed by atoms with van der Waals surface area (Å²) in [6.45, 7) is 2.29. The van der Waals surface area contributed by atoms with Crippen LogP contribution in [0.5, 0.6) is 0 Å². The van der Waals surface area contributed by atoms with Crippen LogP contribution in [0.3, 0.4) is 0 Å². The van der Waals surface area contributed by atoms with E-state index in [9.17, 15) is 9.59 Å². The minimum absolute atomic E-state index is 0.0791. The first kappa shape index (κ1) is 12.2. The Bertz CT molecular complexity index is 388. The van der Waals surface area contributed by atoms with Crippen molar-refractivity contribution in [3.05, 3.63) is 35.4 Å². The number of carbonyl (C=O) groups excluding carboxylic acids is 2. The van der Waals surface area contributed by atoms with E-state index < -0.39 is 0 Å². The average molecular weight is 220 g/mol. The number of carbonyl (C=O) groups is 2. The number of nitrogens with one attached hydrogen (secondary N) is 2. The lowest BCUT2D eigenvalue weighted by Crippen LogP contribution is -2.29. The lowest BCUT2D eigenvalue weighted by atomic mass is 10.1. The van der Waals surface area contributed by atoms with Gasteiger partial charge in [-0.05, 0) is 19.1 Å². The second-order valence-corrected chi connectivity index (χ2v) is 3.55. The minimum Gasteiger partial charge on any atom is -0.359 e. The first-order valence-corrected chi connectivity index (χ1v) is 5.19. The first-order valence-electron chi connectivity index (χ1n) is 5.19. The third-order valence-corrected chi connectivity index (χ3v) is 2.20. The molecule has 0 aromatic heterocycles. The fourth-order valence-corrected chi connectivity index (χ4v) is 1.30. The van der Waals surface area contributed by atoms with E-state index in [0.717, 1.165) is 5.56 Å². The van der Waals surface area contributed by atoms with E-state index in [1.54, 1.807) is 13.1 Å². The van der Waals surface area contributed by atoms with Crippen molar-refractivity contribution in [3.63, 3.8) is 0 Å². The predicted molar refractivity (Wildman–Crippen MR) is 62.2 cm³/mol. The summed E-state index contributed by atoms with van der Waals surface area (Å²) in [5, 5.41) is 5.19. The van der Waals surface area contributed by atoms with E-state index >= 15 is 0 Å². The van der Waals surface area contributed by atoms with Crippen LogP contribution < -0.4 is 10.6 Å². The van der Waals surface area contributed by atoms with Gasteiger partial charge in [-0.25, -0.2) is 0 Å². The van der Waals surface area contributed by atoms with E-state index in [0.29, 0.717) is 18.5 Å². The summed E-state index contributed by atoms with van der Waals surface area (Å²) < 4.78 is 0. The van der Waals surface area contributed by atoms with Crippen LogP contribution in [-0.4, -0.2) is 25.4 Å². The minimum atomic E-state index is -0.146. The lowest BCUT2D eigenvalue weighted by Gasteiger charge is -2.05. The van der Waals surface area contributed by atoms with E-state index in [2.05, 4.69) is 10.6 Å². The van der Waals surface area contributed by atoms with Crippen LogP contribution in [0.15, 0.2) is 24.3 Å². The van der Waals surface area contributed by atoms with E-state index in [1.807, 2.05) is 25.1 Å². The largest absolute Gasteiger partial charge is 0.359 e. The number of hydrogen-bond acceptors (Lipinski definition) is 2. The molecular weight excluding hydrogens is 204 g/mol. The fourth-order valence-electron chi connectivity index (χ4n) is 1.30. The van der Waals surface area contributed by atoms with Crippen molar-refractivity contribution in [2.75, 3.05) is 13.6 Å². The fraction of sp³-hybridized carbons (Fsp3) is 0.333. The number of benzene rings is 1. The van der Waals surface area contributed by atoms with Gasteiger partial charge < -0.3 is 10.6 Å². The van der Waals surface area contributed by atoms with Crippen LogP contribution in [0, 0.1) is 6.92 Å². The SMILES string of the molecule is CNC(=O)CCNC(=O)c1cccc(C)c1. The van der Waals surface area contributed by atoms with Gasteiger partial charge in [-0.3, -0.25) is 9.59 Å². The first-order chi connectivity index (χ1) is 7.63. The maximum atomic E-state index is 11.6. The van der Waals surface area contributed by atoms with Crippen molar-refractivity contribution in [3.8, 4) is 0 Å². The van der Waals surface area contributed by atoms with Crippen molar-refractivity contribution in [2.24, 2.45) is 0 Å². The molecule has 86 valence electrons. The Morgan fingerprint density at radius 2 is 2.06 bits per heavy atom. The molecule has 0 unspecified atom stereocenters. The molecule has 0 spiro atoms. The molecule has 4 nitrogen and oxygen atoms in total. The quantitative estimate of drug-likeness (QED) is 0.790. The number of aryl methyl sites for hydroxylation is 1. The Morgan fingerprint density at radius 3 is 2.69 bits per heavy atom. The van der Waals surface area contributed by atoms with Gasteiger partial charge >= 0.3 is 0 Å². The molecule has 16 heavy (non-hydrogen) atoms. The highest BCUT2D eigenvalue weighted by Crippen LogP contribution is 2.03. The Hall–Kier alpha value is -1.84. The summed E-state index contributed by atoms with van der Waals surface area (Å²) >= 11 is 0. The summed E-state index contributed by atoms with van der Waals surface area (Å²) in [4.78, 5) is 22.5. The maximum Gasteiger partial charge on any atom is 0.251 e. The molecule has 0 saturated heterocycles. The molecule has 1 rings (SSSR count). The molecule has 0 heterocycles. The average Bonchev–Trinajstić information content (AvgIpc) is 2.28. The molecule has 2 N–H and O–H groups in total. The summed E-state index contributed by atoms with van der Waals surface area (Å²) in [5.74, 6) is -0.225. The molecule has 2 amide bonds. The molecule has 4 heteroatoms. The van der Waals surface area contributed by atoms with Gasteiger partial charge in [0, 0.05) is 25.6 Å². The van der Waals surface area contributed by atoms with Crippen molar-refractivity contribution in [1.82, 2.24) is 10.6 Å². The molecular formula is C12H16N2O2. The van der Waals surface area contributed by atoms with E-state index in [1.165, 1.54) is 0 Å². The zero-order chi connectivity index (χ0) is 12.0. The third kappa shape index (κ3) is 3.73. The van der Waals surface area contributed by atoms with Crippen LogP contribution in [-0.2, 0) is 4.79 Å². The Balaban J connectivity index is 2.44. The molecule has 0 bridgehead atoms. The normalized spacial score (nSPS) is 9.62.